The second kappa shape index (κ2) is 5.90. The number of nitrogens with one attached hydrogen (secondary N) is 1. The van der Waals surface area contributed by atoms with Crippen molar-refractivity contribution in [2.75, 3.05) is 0 Å². The lowest BCUT2D eigenvalue weighted by Crippen LogP contribution is -2.32. The third-order valence-electron chi connectivity index (χ3n) is 4.31. The first-order chi connectivity index (χ1) is 9.43. The predicted octanol–water partition coefficient (Wildman–Crippen LogP) is 3.81. The molecule has 0 amide bonds. The summed E-state index contributed by atoms with van der Waals surface area (Å²) in [5.41, 5.74) is 5.47. The number of fused-ring (bicyclic) bond motifs is 1. The van der Waals surface area contributed by atoms with Crippen LogP contribution in [0.1, 0.15) is 45.7 Å². The van der Waals surface area contributed by atoms with Crippen LogP contribution in [0.25, 0.3) is 10.9 Å². The molecule has 2 unspecified atom stereocenters. The Hall–Kier alpha value is -1.45. The summed E-state index contributed by atoms with van der Waals surface area (Å²) in [5, 5.41) is 1.16. The molecule has 0 fully saturated rings. The Balaban J connectivity index is 2.35. The maximum atomic E-state index is 5.81. The Labute approximate surface area is 121 Å². The lowest BCUT2D eigenvalue weighted by atomic mass is 9.77. The smallest absolute Gasteiger partial charge is 0.0750 e. The second-order valence-corrected chi connectivity index (χ2v) is 6.64. The highest BCUT2D eigenvalue weighted by atomic mass is 15.2. The molecule has 2 aromatic rings. The van der Waals surface area contributed by atoms with E-state index in [4.69, 9.17) is 5.84 Å². The van der Waals surface area contributed by atoms with Gasteiger partial charge in [0.2, 0.25) is 0 Å². The molecule has 2 atom stereocenters. The van der Waals surface area contributed by atoms with E-state index < -0.39 is 0 Å². The van der Waals surface area contributed by atoms with E-state index in [0.29, 0.717) is 5.92 Å². The van der Waals surface area contributed by atoms with Crippen LogP contribution in [0.5, 0.6) is 0 Å². The van der Waals surface area contributed by atoms with Crippen molar-refractivity contribution >= 4 is 10.9 Å². The highest BCUT2D eigenvalue weighted by Crippen LogP contribution is 2.34. The fraction of sp³-hybridized carbons (Fsp3) is 0.471. The summed E-state index contributed by atoms with van der Waals surface area (Å²) < 4.78 is 0. The van der Waals surface area contributed by atoms with Crippen LogP contribution in [-0.4, -0.2) is 4.98 Å². The van der Waals surface area contributed by atoms with Crippen LogP contribution < -0.4 is 11.3 Å². The summed E-state index contributed by atoms with van der Waals surface area (Å²) in [6.07, 6.45) is 2.84. The number of pyridine rings is 1. The average molecular weight is 271 g/mol. The summed E-state index contributed by atoms with van der Waals surface area (Å²) in [5.74, 6) is 6.37. The minimum Gasteiger partial charge on any atom is -0.271 e. The first-order valence-electron chi connectivity index (χ1n) is 7.23. The molecule has 0 spiro atoms. The van der Waals surface area contributed by atoms with Crippen molar-refractivity contribution in [3.63, 3.8) is 0 Å². The zero-order valence-corrected chi connectivity index (χ0v) is 12.9. The number of hydrogen-bond acceptors (Lipinski definition) is 3. The molecule has 0 aliphatic heterocycles. The molecule has 2 rings (SSSR count). The Morgan fingerprint density at radius 3 is 2.55 bits per heavy atom. The standard InChI is InChI=1S/C17H25N3/c1-12(17(2,3)4)11-15(20-18)14-9-5-7-13-8-6-10-19-16(13)14/h5-10,12,15,20H,11,18H2,1-4H3. The third kappa shape index (κ3) is 3.17. The minimum atomic E-state index is 0.128. The number of para-hydroxylation sites is 1. The van der Waals surface area contributed by atoms with Crippen molar-refractivity contribution in [1.82, 2.24) is 10.4 Å². The van der Waals surface area contributed by atoms with E-state index in [-0.39, 0.29) is 11.5 Å². The van der Waals surface area contributed by atoms with Gasteiger partial charge in [0.25, 0.3) is 0 Å². The number of nitrogens with zero attached hydrogens (tertiary/aromatic N) is 1. The van der Waals surface area contributed by atoms with Gasteiger partial charge >= 0.3 is 0 Å². The maximum absolute atomic E-state index is 5.81. The normalized spacial score (nSPS) is 15.2. The number of hydrazine groups is 1. The molecule has 0 saturated heterocycles. The fourth-order valence-electron chi connectivity index (χ4n) is 2.40. The number of hydrogen-bond donors (Lipinski definition) is 2. The van der Waals surface area contributed by atoms with Crippen molar-refractivity contribution in [2.24, 2.45) is 17.2 Å². The van der Waals surface area contributed by atoms with E-state index >= 15 is 0 Å². The van der Waals surface area contributed by atoms with Gasteiger partial charge in [-0.05, 0) is 29.4 Å². The number of rotatable bonds is 4. The summed E-state index contributed by atoms with van der Waals surface area (Å²) in [7, 11) is 0. The predicted molar refractivity (Wildman–Crippen MR) is 85.0 cm³/mol. The van der Waals surface area contributed by atoms with Gasteiger partial charge in [-0.3, -0.25) is 16.3 Å². The summed E-state index contributed by atoms with van der Waals surface area (Å²) in [6, 6.07) is 10.5. The van der Waals surface area contributed by atoms with Crippen LogP contribution in [0.4, 0.5) is 0 Å². The SMILES string of the molecule is CC(CC(NN)c1cccc2cccnc12)C(C)(C)C. The van der Waals surface area contributed by atoms with Crippen molar-refractivity contribution < 1.29 is 0 Å². The molecular formula is C17H25N3. The van der Waals surface area contributed by atoms with Crippen LogP contribution in [-0.2, 0) is 0 Å². The van der Waals surface area contributed by atoms with Gasteiger partial charge in [-0.15, -0.1) is 0 Å². The van der Waals surface area contributed by atoms with Crippen molar-refractivity contribution in [2.45, 2.75) is 40.2 Å². The topological polar surface area (TPSA) is 50.9 Å². The van der Waals surface area contributed by atoms with Gasteiger partial charge in [0, 0.05) is 17.6 Å². The summed E-state index contributed by atoms with van der Waals surface area (Å²) >= 11 is 0. The Bertz CT molecular complexity index is 566. The molecule has 3 nitrogen and oxygen atoms in total. The molecule has 1 heterocycles. The van der Waals surface area contributed by atoms with E-state index in [1.165, 1.54) is 5.56 Å². The molecule has 108 valence electrons. The molecule has 3 heteroatoms. The van der Waals surface area contributed by atoms with Gasteiger partial charge < -0.3 is 0 Å². The Morgan fingerprint density at radius 2 is 1.90 bits per heavy atom. The van der Waals surface area contributed by atoms with E-state index in [2.05, 4.69) is 62.4 Å². The minimum absolute atomic E-state index is 0.128. The largest absolute Gasteiger partial charge is 0.271 e. The average Bonchev–Trinajstić information content (AvgIpc) is 2.43. The molecule has 1 aromatic heterocycles. The highest BCUT2D eigenvalue weighted by Gasteiger charge is 2.24. The molecule has 0 aliphatic carbocycles. The number of aromatic nitrogens is 1. The van der Waals surface area contributed by atoms with E-state index in [1.54, 1.807) is 0 Å². The zero-order chi connectivity index (χ0) is 14.8. The van der Waals surface area contributed by atoms with E-state index in [0.717, 1.165) is 17.3 Å². The van der Waals surface area contributed by atoms with Gasteiger partial charge in [-0.2, -0.15) is 0 Å². The fourth-order valence-corrected chi connectivity index (χ4v) is 2.40. The quantitative estimate of drug-likeness (QED) is 0.656. The molecular weight excluding hydrogens is 246 g/mol. The lowest BCUT2D eigenvalue weighted by Gasteiger charge is -2.31. The van der Waals surface area contributed by atoms with Gasteiger partial charge in [0.1, 0.15) is 0 Å². The zero-order valence-electron chi connectivity index (χ0n) is 12.9. The van der Waals surface area contributed by atoms with Gasteiger partial charge in [0.05, 0.1) is 5.52 Å². The van der Waals surface area contributed by atoms with Crippen molar-refractivity contribution in [3.8, 4) is 0 Å². The van der Waals surface area contributed by atoms with Crippen LogP contribution >= 0.6 is 0 Å². The van der Waals surface area contributed by atoms with Crippen LogP contribution in [0.2, 0.25) is 0 Å². The maximum Gasteiger partial charge on any atom is 0.0750 e. The molecule has 0 bridgehead atoms. The molecule has 0 aliphatic rings. The molecule has 0 saturated carbocycles. The molecule has 20 heavy (non-hydrogen) atoms. The Kier molecular flexibility index (Phi) is 4.41. The first kappa shape index (κ1) is 14.9. The number of benzene rings is 1. The summed E-state index contributed by atoms with van der Waals surface area (Å²) in [4.78, 5) is 4.52. The second-order valence-electron chi connectivity index (χ2n) is 6.64. The van der Waals surface area contributed by atoms with Gasteiger partial charge in [-0.25, -0.2) is 0 Å². The lowest BCUT2D eigenvalue weighted by molar-refractivity contribution is 0.224. The van der Waals surface area contributed by atoms with Crippen molar-refractivity contribution in [3.05, 3.63) is 42.1 Å². The molecule has 1 aromatic carbocycles. The van der Waals surface area contributed by atoms with Crippen LogP contribution in [0, 0.1) is 11.3 Å². The Morgan fingerprint density at radius 1 is 1.20 bits per heavy atom. The third-order valence-corrected chi connectivity index (χ3v) is 4.31. The molecule has 3 N–H and O–H groups in total. The number of nitrogens with two attached hydrogens (primary N) is 1. The van der Waals surface area contributed by atoms with Crippen LogP contribution in [0.15, 0.2) is 36.5 Å². The van der Waals surface area contributed by atoms with E-state index in [1.807, 2.05) is 12.3 Å². The first-order valence-corrected chi connectivity index (χ1v) is 7.23. The summed E-state index contributed by atoms with van der Waals surface area (Å²) in [6.45, 7) is 9.09. The van der Waals surface area contributed by atoms with Crippen molar-refractivity contribution in [1.29, 1.82) is 0 Å². The van der Waals surface area contributed by atoms with Gasteiger partial charge in [0.15, 0.2) is 0 Å². The van der Waals surface area contributed by atoms with Crippen LogP contribution in [0.3, 0.4) is 0 Å². The van der Waals surface area contributed by atoms with E-state index in [9.17, 15) is 0 Å². The van der Waals surface area contributed by atoms with Gasteiger partial charge in [-0.1, -0.05) is 52.0 Å². The monoisotopic (exact) mass is 271 g/mol. The highest BCUT2D eigenvalue weighted by molar-refractivity contribution is 5.81. The molecule has 0 radical (unpaired) electrons.